The third-order valence-corrected chi connectivity index (χ3v) is 5.77. The van der Waals surface area contributed by atoms with E-state index in [-0.39, 0.29) is 17.0 Å². The Hall–Kier alpha value is -2.86. The fourth-order valence-electron chi connectivity index (χ4n) is 3.30. The van der Waals surface area contributed by atoms with Gasteiger partial charge in [0.25, 0.3) is 11.5 Å². The number of nitrogens with zero attached hydrogens (tertiary/aromatic N) is 3. The van der Waals surface area contributed by atoms with Crippen LogP contribution in [0, 0.1) is 0 Å². The molecule has 0 saturated carbocycles. The number of fused-ring (bicyclic) bond motifs is 1. The third-order valence-electron chi connectivity index (χ3n) is 4.80. The van der Waals surface area contributed by atoms with Crippen LogP contribution >= 0.6 is 11.8 Å². The van der Waals surface area contributed by atoms with Crippen molar-refractivity contribution < 1.29 is 4.79 Å². The molecule has 6 heteroatoms. The zero-order chi connectivity index (χ0) is 19.3. The molecule has 0 radical (unpaired) electrons. The molecule has 0 bridgehead atoms. The average molecular weight is 391 g/mol. The van der Waals surface area contributed by atoms with Crippen LogP contribution in [0.5, 0.6) is 0 Å². The van der Waals surface area contributed by atoms with Crippen molar-refractivity contribution in [2.75, 3.05) is 12.3 Å². The summed E-state index contributed by atoms with van der Waals surface area (Å²) in [5.74, 6) is 0.561. The van der Waals surface area contributed by atoms with Crippen LogP contribution in [0.4, 0.5) is 0 Å². The van der Waals surface area contributed by atoms with Crippen molar-refractivity contribution in [2.24, 2.45) is 0 Å². The van der Waals surface area contributed by atoms with E-state index < -0.39 is 0 Å². The van der Waals surface area contributed by atoms with Gasteiger partial charge in [0.05, 0.1) is 0 Å². The van der Waals surface area contributed by atoms with E-state index in [4.69, 9.17) is 0 Å². The van der Waals surface area contributed by atoms with Crippen molar-refractivity contribution in [1.29, 1.82) is 0 Å². The van der Waals surface area contributed by atoms with E-state index >= 15 is 0 Å². The van der Waals surface area contributed by atoms with Crippen molar-refractivity contribution in [2.45, 2.75) is 24.7 Å². The highest BCUT2D eigenvalue weighted by atomic mass is 32.2. The van der Waals surface area contributed by atoms with Gasteiger partial charge in [-0.2, -0.15) is 0 Å². The van der Waals surface area contributed by atoms with Crippen molar-refractivity contribution in [1.82, 2.24) is 14.5 Å². The molecule has 0 unspecified atom stereocenters. The number of aromatic nitrogens is 2. The van der Waals surface area contributed by atoms with Gasteiger partial charge in [0.2, 0.25) is 0 Å². The van der Waals surface area contributed by atoms with Gasteiger partial charge >= 0.3 is 0 Å². The minimum absolute atomic E-state index is 0.148. The van der Waals surface area contributed by atoms with E-state index in [1.165, 1.54) is 6.20 Å². The largest absolute Gasteiger partial charge is 0.334 e. The van der Waals surface area contributed by atoms with Crippen molar-refractivity contribution in [3.63, 3.8) is 0 Å². The number of benzene rings is 2. The molecule has 0 atom stereocenters. The molecule has 1 aliphatic rings. The van der Waals surface area contributed by atoms with E-state index in [1.807, 2.05) is 60.7 Å². The summed E-state index contributed by atoms with van der Waals surface area (Å²) in [7, 11) is 0. The highest BCUT2D eigenvalue weighted by molar-refractivity contribution is 7.99. The molecule has 3 aromatic rings. The maximum atomic E-state index is 13.3. The monoisotopic (exact) mass is 391 g/mol. The molecule has 1 amide bonds. The molecule has 28 heavy (non-hydrogen) atoms. The topological polar surface area (TPSA) is 55.2 Å². The Morgan fingerprint density at radius 2 is 1.71 bits per heavy atom. The van der Waals surface area contributed by atoms with Gasteiger partial charge in [-0.05, 0) is 17.5 Å². The molecule has 142 valence electrons. The summed E-state index contributed by atoms with van der Waals surface area (Å²) >= 11 is 1.55. The van der Waals surface area contributed by atoms with Crippen molar-refractivity contribution in [3.8, 4) is 0 Å². The Labute approximate surface area is 168 Å². The van der Waals surface area contributed by atoms with Crippen molar-refractivity contribution >= 4 is 17.7 Å². The molecule has 0 saturated heterocycles. The van der Waals surface area contributed by atoms with Gasteiger partial charge in [-0.3, -0.25) is 14.2 Å². The Morgan fingerprint density at radius 3 is 2.43 bits per heavy atom. The molecule has 0 fully saturated rings. The maximum Gasteiger partial charge on any atom is 0.267 e. The van der Waals surface area contributed by atoms with Gasteiger partial charge in [0.1, 0.15) is 5.56 Å². The predicted octanol–water partition coefficient (Wildman–Crippen LogP) is 3.23. The Balaban J connectivity index is 1.60. The molecule has 4 rings (SSSR count). The molecule has 0 aliphatic carbocycles. The van der Waals surface area contributed by atoms with Gasteiger partial charge in [0.15, 0.2) is 5.16 Å². The van der Waals surface area contributed by atoms with Crippen LogP contribution in [-0.2, 0) is 19.5 Å². The van der Waals surface area contributed by atoms with Crippen LogP contribution in [0.2, 0.25) is 0 Å². The summed E-state index contributed by atoms with van der Waals surface area (Å²) in [6, 6.07) is 19.9. The molecule has 2 aromatic carbocycles. The summed E-state index contributed by atoms with van der Waals surface area (Å²) in [6.07, 6.45) is 2.17. The van der Waals surface area contributed by atoms with Crippen LogP contribution in [0.15, 0.2) is 76.8 Å². The molecular weight excluding hydrogens is 370 g/mol. The lowest BCUT2D eigenvalue weighted by Gasteiger charge is -2.23. The second-order valence-corrected chi connectivity index (χ2v) is 7.77. The van der Waals surface area contributed by atoms with E-state index in [0.29, 0.717) is 24.8 Å². The minimum Gasteiger partial charge on any atom is -0.334 e. The number of hydrogen-bond acceptors (Lipinski definition) is 4. The quantitative estimate of drug-likeness (QED) is 0.606. The second-order valence-electron chi connectivity index (χ2n) is 6.71. The first-order valence-corrected chi connectivity index (χ1v) is 10.3. The summed E-state index contributed by atoms with van der Waals surface area (Å²) in [5.41, 5.74) is 2.11. The van der Waals surface area contributed by atoms with E-state index in [9.17, 15) is 9.59 Å². The molecule has 1 aromatic heterocycles. The Kier molecular flexibility index (Phi) is 5.58. The van der Waals surface area contributed by atoms with Crippen LogP contribution in [0.25, 0.3) is 0 Å². The fourth-order valence-corrected chi connectivity index (χ4v) is 4.21. The molecule has 0 spiro atoms. The summed E-state index contributed by atoms with van der Waals surface area (Å²) in [5, 5.41) is 0.695. The zero-order valence-electron chi connectivity index (χ0n) is 15.5. The molecule has 2 heterocycles. The van der Waals surface area contributed by atoms with Gasteiger partial charge in [-0.1, -0.05) is 72.4 Å². The molecule has 0 N–H and O–H groups in total. The van der Waals surface area contributed by atoms with E-state index in [1.54, 1.807) is 21.2 Å². The Bertz CT molecular complexity index is 1020. The standard InChI is InChI=1S/C22H21N3O2S/c26-20(19-15-23-22-25(21(19)27)13-14-28-22)24(16-18-9-5-2-6-10-18)12-11-17-7-3-1-4-8-17/h1-10,15H,11-14,16H2. The summed E-state index contributed by atoms with van der Waals surface area (Å²) < 4.78 is 1.61. The highest BCUT2D eigenvalue weighted by Gasteiger charge is 2.24. The van der Waals surface area contributed by atoms with Crippen LogP contribution in [0.3, 0.4) is 0 Å². The lowest BCUT2D eigenvalue weighted by molar-refractivity contribution is 0.0741. The van der Waals surface area contributed by atoms with Crippen LogP contribution in [-0.4, -0.2) is 32.7 Å². The minimum atomic E-state index is -0.260. The predicted molar refractivity (Wildman–Crippen MR) is 111 cm³/mol. The maximum absolute atomic E-state index is 13.3. The Morgan fingerprint density at radius 1 is 1.04 bits per heavy atom. The summed E-state index contributed by atoms with van der Waals surface area (Å²) in [6.45, 7) is 1.60. The van der Waals surface area contributed by atoms with Gasteiger partial charge < -0.3 is 4.90 Å². The first-order chi connectivity index (χ1) is 13.7. The second kappa shape index (κ2) is 8.44. The fraction of sp³-hybridized carbons (Fsp3) is 0.227. The van der Waals surface area contributed by atoms with E-state index in [0.717, 1.165) is 23.3 Å². The normalized spacial score (nSPS) is 12.6. The number of rotatable bonds is 6. The SMILES string of the molecule is O=C(c1cnc2n(c1=O)CCS2)N(CCc1ccccc1)Cc1ccccc1. The molecule has 5 nitrogen and oxygen atoms in total. The number of thioether (sulfide) groups is 1. The first-order valence-electron chi connectivity index (χ1n) is 9.32. The van der Waals surface area contributed by atoms with Gasteiger partial charge in [0, 0.05) is 31.6 Å². The molecule has 1 aliphatic heterocycles. The number of carbonyl (C=O) groups is 1. The van der Waals surface area contributed by atoms with Crippen LogP contribution < -0.4 is 5.56 Å². The van der Waals surface area contributed by atoms with Crippen LogP contribution in [0.1, 0.15) is 21.5 Å². The number of hydrogen-bond donors (Lipinski definition) is 0. The molecular formula is C22H21N3O2S. The van der Waals surface area contributed by atoms with E-state index in [2.05, 4.69) is 4.98 Å². The lowest BCUT2D eigenvalue weighted by atomic mass is 10.1. The van der Waals surface area contributed by atoms with Crippen molar-refractivity contribution in [3.05, 3.63) is 93.9 Å². The summed E-state index contributed by atoms with van der Waals surface area (Å²) in [4.78, 5) is 32.1. The smallest absolute Gasteiger partial charge is 0.267 e. The third kappa shape index (κ3) is 4.02. The first kappa shape index (κ1) is 18.5. The average Bonchev–Trinajstić information content (AvgIpc) is 3.22. The number of carbonyl (C=O) groups excluding carboxylic acids is 1. The zero-order valence-corrected chi connectivity index (χ0v) is 16.3. The lowest BCUT2D eigenvalue weighted by Crippen LogP contribution is -2.37. The van der Waals surface area contributed by atoms with Gasteiger partial charge in [-0.15, -0.1) is 0 Å². The number of amides is 1. The van der Waals surface area contributed by atoms with Gasteiger partial charge in [-0.25, -0.2) is 4.98 Å². The highest BCUT2D eigenvalue weighted by Crippen LogP contribution is 2.21.